The Morgan fingerprint density at radius 2 is 2.25 bits per heavy atom. The fraction of sp³-hybridized carbons (Fsp3) is 0.333. The fourth-order valence-electron chi connectivity index (χ4n) is 1.27. The van der Waals surface area contributed by atoms with Crippen molar-refractivity contribution in [2.45, 2.75) is 6.42 Å². The van der Waals surface area contributed by atoms with Crippen LogP contribution in [0.4, 0.5) is 11.6 Å². The lowest BCUT2D eigenvalue weighted by Gasteiger charge is -2.04. The van der Waals surface area contributed by atoms with Gasteiger partial charge in [-0.15, -0.1) is 10.2 Å². The lowest BCUT2D eigenvalue weighted by atomic mass is 10.4. The molecule has 0 amide bonds. The summed E-state index contributed by atoms with van der Waals surface area (Å²) < 4.78 is 1.89. The van der Waals surface area contributed by atoms with E-state index >= 15 is 0 Å². The zero-order chi connectivity index (χ0) is 11.4. The number of hydrogen-bond acceptors (Lipinski definition) is 6. The van der Waals surface area contributed by atoms with Crippen molar-refractivity contribution in [3.05, 3.63) is 24.5 Å². The molecule has 0 spiro atoms. The van der Waals surface area contributed by atoms with E-state index in [-0.39, 0.29) is 0 Å². The summed E-state index contributed by atoms with van der Waals surface area (Å²) in [5.41, 5.74) is 5.43. The van der Waals surface area contributed by atoms with Gasteiger partial charge in [-0.05, 0) is 0 Å². The number of rotatable bonds is 4. The van der Waals surface area contributed by atoms with Gasteiger partial charge in [0.05, 0.1) is 12.4 Å². The minimum atomic E-state index is 0.416. The van der Waals surface area contributed by atoms with Crippen molar-refractivity contribution in [1.82, 2.24) is 24.7 Å². The Morgan fingerprint density at radius 3 is 2.88 bits per heavy atom. The topological polar surface area (TPSA) is 94.5 Å². The third-order valence-corrected chi connectivity index (χ3v) is 2.13. The van der Waals surface area contributed by atoms with Crippen LogP contribution in [0.25, 0.3) is 0 Å². The zero-order valence-electron chi connectivity index (χ0n) is 8.96. The van der Waals surface area contributed by atoms with Gasteiger partial charge in [-0.3, -0.25) is 0 Å². The monoisotopic (exact) mass is 219 g/mol. The Bertz CT molecular complexity index is 447. The highest BCUT2D eigenvalue weighted by Crippen LogP contribution is 2.02. The summed E-state index contributed by atoms with van der Waals surface area (Å²) in [6.07, 6.45) is 5.58. The minimum absolute atomic E-state index is 0.416. The maximum absolute atomic E-state index is 5.43. The summed E-state index contributed by atoms with van der Waals surface area (Å²) in [5, 5.41) is 10.9. The van der Waals surface area contributed by atoms with Crippen molar-refractivity contribution < 1.29 is 0 Å². The maximum atomic E-state index is 5.43. The number of nitrogens with zero attached hydrogens (tertiary/aromatic N) is 5. The molecule has 0 aliphatic heterocycles. The molecule has 2 rings (SSSR count). The Morgan fingerprint density at radius 1 is 1.38 bits per heavy atom. The summed E-state index contributed by atoms with van der Waals surface area (Å²) in [6.45, 7) is 0.727. The van der Waals surface area contributed by atoms with E-state index < -0.39 is 0 Å². The maximum Gasteiger partial charge on any atom is 0.144 e. The number of nitrogens with one attached hydrogen (secondary N) is 1. The zero-order valence-corrected chi connectivity index (χ0v) is 8.96. The van der Waals surface area contributed by atoms with Gasteiger partial charge < -0.3 is 15.6 Å². The van der Waals surface area contributed by atoms with E-state index in [1.165, 1.54) is 6.20 Å². The molecule has 2 heterocycles. The van der Waals surface area contributed by atoms with Gasteiger partial charge in [0.25, 0.3) is 0 Å². The number of nitrogen functional groups attached to an aromatic ring is 1. The first-order chi connectivity index (χ1) is 7.75. The SMILES string of the molecule is Cn1cnnc1CCNc1cnc(N)cn1. The molecule has 0 radical (unpaired) electrons. The third-order valence-electron chi connectivity index (χ3n) is 2.13. The molecule has 0 aliphatic rings. The van der Waals surface area contributed by atoms with Gasteiger partial charge >= 0.3 is 0 Å². The molecule has 3 N–H and O–H groups in total. The quantitative estimate of drug-likeness (QED) is 0.742. The van der Waals surface area contributed by atoms with Crippen LogP contribution < -0.4 is 11.1 Å². The number of anilines is 2. The number of nitrogens with two attached hydrogens (primary N) is 1. The highest BCUT2D eigenvalue weighted by atomic mass is 15.2. The van der Waals surface area contributed by atoms with Crippen molar-refractivity contribution >= 4 is 11.6 Å². The van der Waals surface area contributed by atoms with Gasteiger partial charge in [-0.1, -0.05) is 0 Å². The van der Waals surface area contributed by atoms with Gasteiger partial charge in [0.15, 0.2) is 0 Å². The highest BCUT2D eigenvalue weighted by Gasteiger charge is 2.00. The fourth-order valence-corrected chi connectivity index (χ4v) is 1.27. The van der Waals surface area contributed by atoms with Crippen molar-refractivity contribution in [3.63, 3.8) is 0 Å². The summed E-state index contributed by atoms with van der Waals surface area (Å²) in [4.78, 5) is 8.01. The number of aromatic nitrogens is 5. The Hall–Kier alpha value is -2.18. The molecule has 84 valence electrons. The van der Waals surface area contributed by atoms with E-state index in [0.717, 1.165) is 18.8 Å². The van der Waals surface area contributed by atoms with Crippen molar-refractivity contribution in [1.29, 1.82) is 0 Å². The van der Waals surface area contributed by atoms with Crippen molar-refractivity contribution in [2.75, 3.05) is 17.6 Å². The predicted molar refractivity (Wildman–Crippen MR) is 59.6 cm³/mol. The minimum Gasteiger partial charge on any atom is -0.382 e. The second-order valence-electron chi connectivity index (χ2n) is 3.36. The van der Waals surface area contributed by atoms with Crippen LogP contribution in [-0.2, 0) is 13.5 Å². The molecule has 0 aliphatic carbocycles. The van der Waals surface area contributed by atoms with Gasteiger partial charge in [0, 0.05) is 20.0 Å². The van der Waals surface area contributed by atoms with E-state index in [1.807, 2.05) is 11.6 Å². The van der Waals surface area contributed by atoms with E-state index in [4.69, 9.17) is 5.73 Å². The lowest BCUT2D eigenvalue weighted by Crippen LogP contribution is -2.10. The van der Waals surface area contributed by atoms with Crippen molar-refractivity contribution in [3.8, 4) is 0 Å². The van der Waals surface area contributed by atoms with Gasteiger partial charge in [-0.25, -0.2) is 9.97 Å². The molecule has 0 saturated carbocycles. The standard InChI is InChI=1S/C9H13N7/c1-16-6-14-15-9(16)2-3-11-8-5-12-7(10)4-13-8/h4-6H,2-3H2,1H3,(H2,10,12)(H,11,13). The Kier molecular flexibility index (Phi) is 2.95. The van der Waals surface area contributed by atoms with Crippen LogP contribution in [0.5, 0.6) is 0 Å². The van der Waals surface area contributed by atoms with Crippen LogP contribution >= 0.6 is 0 Å². The highest BCUT2D eigenvalue weighted by molar-refractivity contribution is 5.35. The summed E-state index contributed by atoms with van der Waals surface area (Å²) in [6, 6.07) is 0. The summed E-state index contributed by atoms with van der Waals surface area (Å²) in [7, 11) is 1.92. The molecule has 0 unspecified atom stereocenters. The van der Waals surface area contributed by atoms with Crippen molar-refractivity contribution in [2.24, 2.45) is 7.05 Å². The van der Waals surface area contributed by atoms with Gasteiger partial charge in [-0.2, -0.15) is 0 Å². The van der Waals surface area contributed by atoms with E-state index in [2.05, 4.69) is 25.5 Å². The molecule has 0 bridgehead atoms. The average molecular weight is 219 g/mol. The predicted octanol–water partition coefficient (Wildman–Crippen LogP) is -0.158. The molecule has 0 atom stereocenters. The molecular weight excluding hydrogens is 206 g/mol. The Balaban J connectivity index is 1.84. The van der Waals surface area contributed by atoms with Crippen LogP contribution in [0.15, 0.2) is 18.7 Å². The lowest BCUT2D eigenvalue weighted by molar-refractivity contribution is 0.787. The van der Waals surface area contributed by atoms with Crippen LogP contribution in [-0.4, -0.2) is 31.3 Å². The first kappa shape index (κ1) is 10.3. The molecule has 7 heteroatoms. The van der Waals surface area contributed by atoms with Gasteiger partial charge in [0.2, 0.25) is 0 Å². The molecule has 2 aromatic rings. The molecule has 0 aromatic carbocycles. The molecule has 0 fully saturated rings. The Labute approximate surface area is 92.7 Å². The molecule has 0 saturated heterocycles. The molecule has 2 aromatic heterocycles. The van der Waals surface area contributed by atoms with Crippen LogP contribution in [0.2, 0.25) is 0 Å². The first-order valence-electron chi connectivity index (χ1n) is 4.90. The third kappa shape index (κ3) is 2.44. The summed E-state index contributed by atoms with van der Waals surface area (Å²) >= 11 is 0. The molecule has 7 nitrogen and oxygen atoms in total. The van der Waals surface area contributed by atoms with E-state index in [0.29, 0.717) is 11.6 Å². The van der Waals surface area contributed by atoms with E-state index in [1.54, 1.807) is 12.5 Å². The van der Waals surface area contributed by atoms with Gasteiger partial charge in [0.1, 0.15) is 23.8 Å². The second kappa shape index (κ2) is 4.56. The first-order valence-corrected chi connectivity index (χ1v) is 4.90. The smallest absolute Gasteiger partial charge is 0.144 e. The normalized spacial score (nSPS) is 10.3. The van der Waals surface area contributed by atoms with E-state index in [9.17, 15) is 0 Å². The summed E-state index contributed by atoms with van der Waals surface area (Å²) in [5.74, 6) is 2.05. The molecule has 16 heavy (non-hydrogen) atoms. The van der Waals surface area contributed by atoms with Crippen LogP contribution in [0.1, 0.15) is 5.82 Å². The average Bonchev–Trinajstić information content (AvgIpc) is 2.68. The largest absolute Gasteiger partial charge is 0.382 e. The number of hydrogen-bond donors (Lipinski definition) is 2. The number of aryl methyl sites for hydroxylation is 1. The van der Waals surface area contributed by atoms with Crippen LogP contribution in [0, 0.1) is 0 Å². The molecular formula is C9H13N7. The second-order valence-corrected chi connectivity index (χ2v) is 3.36. The van der Waals surface area contributed by atoms with Crippen LogP contribution in [0.3, 0.4) is 0 Å².